The van der Waals surface area contributed by atoms with Crippen LogP contribution in [0.1, 0.15) is 50.3 Å². The van der Waals surface area contributed by atoms with Crippen molar-refractivity contribution in [2.24, 2.45) is 0 Å². The molecule has 0 saturated heterocycles. The number of benzene rings is 3. The van der Waals surface area contributed by atoms with Crippen LogP contribution in [0.5, 0.6) is 0 Å². The number of carbonyl (C=O) groups is 2. The largest absolute Gasteiger partial charge is 0.350 e. The first-order valence-corrected chi connectivity index (χ1v) is 15.5. The second-order valence-corrected chi connectivity index (χ2v) is 13.3. The molecule has 220 valence electrons. The first-order chi connectivity index (χ1) is 19.2. The maximum Gasteiger partial charge on any atom is 0.243 e. The third kappa shape index (κ3) is 10.0. The number of amides is 2. The Kier molecular flexibility index (Phi) is 10.7. The van der Waals surface area contributed by atoms with E-state index in [2.05, 4.69) is 5.32 Å². The van der Waals surface area contributed by atoms with Crippen LogP contribution >= 0.6 is 0 Å². The van der Waals surface area contributed by atoms with Crippen molar-refractivity contribution in [2.75, 3.05) is 17.1 Å². The first kappa shape index (κ1) is 31.8. The van der Waals surface area contributed by atoms with Crippen LogP contribution < -0.4 is 9.62 Å². The Morgan fingerprint density at radius 1 is 0.927 bits per heavy atom. The summed E-state index contributed by atoms with van der Waals surface area (Å²) in [5, 5.41) is 3.01. The average Bonchev–Trinajstić information content (AvgIpc) is 2.88. The van der Waals surface area contributed by atoms with E-state index in [0.717, 1.165) is 17.4 Å². The highest BCUT2D eigenvalue weighted by atomic mass is 32.2. The second-order valence-electron chi connectivity index (χ2n) is 11.4. The molecule has 41 heavy (non-hydrogen) atoms. The Morgan fingerprint density at radius 3 is 2.17 bits per heavy atom. The SMILES string of the molecule is Cc1cccc(N(CCCC(=O)N(Cc2ccc(F)cc2)C(Cc2ccccc2)C(=O)NC(C)(C)C)S(C)(=O)=O)c1. The van der Waals surface area contributed by atoms with Gasteiger partial charge in [0.2, 0.25) is 21.8 Å². The topological polar surface area (TPSA) is 86.8 Å². The Labute approximate surface area is 243 Å². The van der Waals surface area contributed by atoms with Gasteiger partial charge in [0.1, 0.15) is 11.9 Å². The molecule has 1 unspecified atom stereocenters. The number of carbonyl (C=O) groups excluding carboxylic acids is 2. The van der Waals surface area contributed by atoms with Gasteiger partial charge in [-0.25, -0.2) is 12.8 Å². The van der Waals surface area contributed by atoms with Crippen molar-refractivity contribution in [2.45, 2.75) is 65.1 Å². The molecule has 0 fully saturated rings. The zero-order valence-corrected chi connectivity index (χ0v) is 25.2. The number of sulfonamides is 1. The van der Waals surface area contributed by atoms with Crippen molar-refractivity contribution in [1.82, 2.24) is 10.2 Å². The zero-order valence-electron chi connectivity index (χ0n) is 24.4. The summed E-state index contributed by atoms with van der Waals surface area (Å²) >= 11 is 0. The van der Waals surface area contributed by atoms with Crippen LogP contribution in [-0.2, 0) is 32.6 Å². The molecule has 0 spiro atoms. The van der Waals surface area contributed by atoms with Crippen LogP contribution in [0, 0.1) is 12.7 Å². The van der Waals surface area contributed by atoms with Gasteiger partial charge in [-0.15, -0.1) is 0 Å². The van der Waals surface area contributed by atoms with Crippen molar-refractivity contribution in [3.8, 4) is 0 Å². The molecule has 0 saturated carbocycles. The van der Waals surface area contributed by atoms with E-state index in [4.69, 9.17) is 0 Å². The second kappa shape index (κ2) is 13.8. The number of hydrogen-bond acceptors (Lipinski definition) is 4. The van der Waals surface area contributed by atoms with E-state index in [-0.39, 0.29) is 44.2 Å². The average molecular weight is 582 g/mol. The molecule has 1 atom stereocenters. The molecule has 0 aliphatic heterocycles. The number of anilines is 1. The minimum absolute atomic E-state index is 0.0210. The fourth-order valence-corrected chi connectivity index (χ4v) is 5.54. The van der Waals surface area contributed by atoms with Crippen LogP contribution in [-0.4, -0.2) is 49.5 Å². The van der Waals surface area contributed by atoms with Crippen LogP contribution in [0.15, 0.2) is 78.9 Å². The number of halogens is 1. The molecule has 0 aliphatic rings. The number of rotatable bonds is 12. The highest BCUT2D eigenvalue weighted by Crippen LogP contribution is 2.21. The molecular formula is C32H40FN3O4S. The van der Waals surface area contributed by atoms with Crippen LogP contribution in [0.25, 0.3) is 0 Å². The van der Waals surface area contributed by atoms with E-state index in [9.17, 15) is 22.4 Å². The summed E-state index contributed by atoms with van der Waals surface area (Å²) in [6, 6.07) is 21.7. The van der Waals surface area contributed by atoms with Crippen LogP contribution in [0.2, 0.25) is 0 Å². The number of nitrogens with zero attached hydrogens (tertiary/aromatic N) is 2. The van der Waals surface area contributed by atoms with Gasteiger partial charge in [0.15, 0.2) is 0 Å². The minimum Gasteiger partial charge on any atom is -0.350 e. The molecule has 3 aromatic carbocycles. The minimum atomic E-state index is -3.59. The molecule has 9 heteroatoms. The molecule has 0 aliphatic carbocycles. The molecule has 0 heterocycles. The smallest absolute Gasteiger partial charge is 0.243 e. The molecule has 7 nitrogen and oxygen atoms in total. The molecule has 1 N–H and O–H groups in total. The van der Waals surface area contributed by atoms with Gasteiger partial charge in [-0.1, -0.05) is 54.6 Å². The monoisotopic (exact) mass is 581 g/mol. The van der Waals surface area contributed by atoms with Gasteiger partial charge in [0.25, 0.3) is 0 Å². The maximum atomic E-state index is 13.8. The third-order valence-corrected chi connectivity index (χ3v) is 7.67. The standard InChI is InChI=1S/C32H40FN3O4S/c1-24-11-9-14-28(21-24)36(41(5,39)40)20-10-15-30(37)35(23-26-16-18-27(33)19-17-26)29(31(38)34-32(2,3)4)22-25-12-7-6-8-13-25/h6-9,11-14,16-19,21,29H,10,15,20,22-23H2,1-5H3,(H,34,38). The molecule has 0 aromatic heterocycles. The summed E-state index contributed by atoms with van der Waals surface area (Å²) in [5.41, 5.74) is 2.50. The highest BCUT2D eigenvalue weighted by Gasteiger charge is 2.32. The van der Waals surface area contributed by atoms with Crippen molar-refractivity contribution in [3.63, 3.8) is 0 Å². The van der Waals surface area contributed by atoms with Crippen molar-refractivity contribution in [3.05, 3.63) is 101 Å². The predicted octanol–water partition coefficient (Wildman–Crippen LogP) is 5.24. The van der Waals surface area contributed by atoms with Crippen molar-refractivity contribution < 1.29 is 22.4 Å². The quantitative estimate of drug-likeness (QED) is 0.317. The molecular weight excluding hydrogens is 541 g/mol. The van der Waals surface area contributed by atoms with Crippen LogP contribution in [0.4, 0.5) is 10.1 Å². The molecule has 2 amide bonds. The van der Waals surface area contributed by atoms with Crippen molar-refractivity contribution in [1.29, 1.82) is 0 Å². The third-order valence-electron chi connectivity index (χ3n) is 6.48. The van der Waals surface area contributed by atoms with Gasteiger partial charge in [0.05, 0.1) is 11.9 Å². The van der Waals surface area contributed by atoms with Gasteiger partial charge in [-0.3, -0.25) is 13.9 Å². The van der Waals surface area contributed by atoms with Crippen molar-refractivity contribution >= 4 is 27.5 Å². The number of hydrogen-bond donors (Lipinski definition) is 1. The van der Waals surface area contributed by atoms with Gasteiger partial charge >= 0.3 is 0 Å². The van der Waals surface area contributed by atoms with E-state index < -0.39 is 27.4 Å². The summed E-state index contributed by atoms with van der Waals surface area (Å²) in [4.78, 5) is 29.0. The normalized spacial score (nSPS) is 12.4. The van der Waals surface area contributed by atoms with Gasteiger partial charge in [-0.2, -0.15) is 0 Å². The molecule has 0 bridgehead atoms. The van der Waals surface area contributed by atoms with E-state index in [1.165, 1.54) is 21.3 Å². The van der Waals surface area contributed by atoms with Crippen LogP contribution in [0.3, 0.4) is 0 Å². The molecule has 3 aromatic rings. The van der Waals surface area contributed by atoms with E-state index in [1.807, 2.05) is 64.1 Å². The Balaban J connectivity index is 1.90. The lowest BCUT2D eigenvalue weighted by Gasteiger charge is -2.34. The lowest BCUT2D eigenvalue weighted by Crippen LogP contribution is -2.54. The molecule has 0 radical (unpaired) electrons. The van der Waals surface area contributed by atoms with Gasteiger partial charge in [-0.05, 0) is 75.1 Å². The lowest BCUT2D eigenvalue weighted by atomic mass is 10.00. The summed E-state index contributed by atoms with van der Waals surface area (Å²) in [6.07, 6.45) is 1.70. The Morgan fingerprint density at radius 2 is 1.59 bits per heavy atom. The first-order valence-electron chi connectivity index (χ1n) is 13.7. The highest BCUT2D eigenvalue weighted by molar-refractivity contribution is 7.92. The Bertz CT molecular complexity index is 1420. The maximum absolute atomic E-state index is 13.8. The summed E-state index contributed by atoms with van der Waals surface area (Å²) in [7, 11) is -3.59. The van der Waals surface area contributed by atoms with E-state index in [0.29, 0.717) is 11.3 Å². The Hall–Kier alpha value is -3.72. The number of aryl methyl sites for hydroxylation is 1. The fraction of sp³-hybridized carbons (Fsp3) is 0.375. The fourth-order valence-electron chi connectivity index (χ4n) is 4.58. The van der Waals surface area contributed by atoms with Gasteiger partial charge < -0.3 is 10.2 Å². The van der Waals surface area contributed by atoms with Gasteiger partial charge in [0, 0.05) is 31.5 Å². The molecule has 3 rings (SSSR count). The summed E-state index contributed by atoms with van der Waals surface area (Å²) in [5.74, 6) is -0.985. The predicted molar refractivity (Wildman–Crippen MR) is 161 cm³/mol. The lowest BCUT2D eigenvalue weighted by molar-refractivity contribution is -0.142. The number of nitrogens with one attached hydrogen (secondary N) is 1. The summed E-state index contributed by atoms with van der Waals surface area (Å²) in [6.45, 7) is 7.72. The van der Waals surface area contributed by atoms with E-state index in [1.54, 1.807) is 30.3 Å². The zero-order chi connectivity index (χ0) is 30.2. The van der Waals surface area contributed by atoms with E-state index >= 15 is 0 Å². The summed E-state index contributed by atoms with van der Waals surface area (Å²) < 4.78 is 40.1.